The van der Waals surface area contributed by atoms with Gasteiger partial charge in [0.25, 0.3) is 0 Å². The van der Waals surface area contributed by atoms with Crippen molar-refractivity contribution in [3.63, 3.8) is 0 Å². The van der Waals surface area contributed by atoms with Crippen molar-refractivity contribution in [2.24, 2.45) is 0 Å². The van der Waals surface area contributed by atoms with Gasteiger partial charge in [-0.05, 0) is 13.0 Å². The largest absolute Gasteiger partial charge is 0.501 e. The van der Waals surface area contributed by atoms with Crippen LogP contribution in [0.5, 0.6) is 0 Å². The maximum absolute atomic E-state index is 11.7. The molecule has 1 nitrogen and oxygen atoms in total. The molecule has 0 saturated carbocycles. The third-order valence-corrected chi connectivity index (χ3v) is 1.06. The second-order valence-electron chi connectivity index (χ2n) is 1.98. The molecule has 0 saturated heterocycles. The lowest BCUT2D eigenvalue weighted by Crippen LogP contribution is -2.09. The Morgan fingerprint density at radius 2 is 1.91 bits per heavy atom. The van der Waals surface area contributed by atoms with Gasteiger partial charge in [0.2, 0.25) is 0 Å². The predicted molar refractivity (Wildman–Crippen MR) is 36.0 cm³/mol. The lowest BCUT2D eigenvalue weighted by atomic mass is 10.2. The Kier molecular flexibility index (Phi) is 3.17. The van der Waals surface area contributed by atoms with Crippen LogP contribution in [0.1, 0.15) is 6.92 Å². The van der Waals surface area contributed by atoms with Gasteiger partial charge < -0.3 is 4.74 Å². The summed E-state index contributed by atoms with van der Waals surface area (Å²) >= 11 is 0. The minimum atomic E-state index is -4.36. The topological polar surface area (TPSA) is 9.23 Å². The van der Waals surface area contributed by atoms with Gasteiger partial charge in [-0.2, -0.15) is 13.2 Å². The fraction of sp³-hybridized carbons (Fsp3) is 0.429. The van der Waals surface area contributed by atoms with Crippen LogP contribution in [0.15, 0.2) is 24.0 Å². The standard InChI is InChI=1S/C7H9F3O/c1-5(7(8,9)10)4-6(2)11-3/h4H,1H2,2-3H3. The molecule has 0 N–H and O–H groups in total. The number of halogens is 3. The van der Waals surface area contributed by atoms with Crippen LogP contribution >= 0.6 is 0 Å². The summed E-state index contributed by atoms with van der Waals surface area (Å²) in [4.78, 5) is 0. The Bertz CT molecular complexity index is 179. The molecule has 64 valence electrons. The van der Waals surface area contributed by atoms with Gasteiger partial charge in [0.1, 0.15) is 0 Å². The molecule has 0 aromatic carbocycles. The summed E-state index contributed by atoms with van der Waals surface area (Å²) < 4.78 is 39.8. The third kappa shape index (κ3) is 3.70. The molecular formula is C7H9F3O. The highest BCUT2D eigenvalue weighted by Crippen LogP contribution is 2.25. The van der Waals surface area contributed by atoms with Crippen LogP contribution < -0.4 is 0 Å². The van der Waals surface area contributed by atoms with E-state index in [1.54, 1.807) is 0 Å². The van der Waals surface area contributed by atoms with Gasteiger partial charge in [-0.15, -0.1) is 0 Å². The molecule has 0 bridgehead atoms. The first-order valence-corrected chi connectivity index (χ1v) is 2.86. The first-order valence-electron chi connectivity index (χ1n) is 2.86. The van der Waals surface area contributed by atoms with E-state index in [9.17, 15) is 13.2 Å². The second kappa shape index (κ2) is 3.46. The van der Waals surface area contributed by atoms with Crippen molar-refractivity contribution >= 4 is 0 Å². The van der Waals surface area contributed by atoms with Crippen molar-refractivity contribution in [3.8, 4) is 0 Å². The van der Waals surface area contributed by atoms with Crippen LogP contribution in [0.25, 0.3) is 0 Å². The zero-order valence-corrected chi connectivity index (χ0v) is 6.33. The van der Waals surface area contributed by atoms with Crippen LogP contribution in [0.3, 0.4) is 0 Å². The lowest BCUT2D eigenvalue weighted by molar-refractivity contribution is -0.0880. The lowest BCUT2D eigenvalue weighted by Gasteiger charge is -2.06. The van der Waals surface area contributed by atoms with Gasteiger partial charge in [0.05, 0.1) is 18.4 Å². The van der Waals surface area contributed by atoms with E-state index in [1.807, 2.05) is 0 Å². The van der Waals surface area contributed by atoms with Gasteiger partial charge in [0.15, 0.2) is 0 Å². The van der Waals surface area contributed by atoms with Gasteiger partial charge in [0, 0.05) is 0 Å². The second-order valence-corrected chi connectivity index (χ2v) is 1.98. The molecule has 0 aliphatic heterocycles. The van der Waals surface area contributed by atoms with Crippen molar-refractivity contribution in [1.29, 1.82) is 0 Å². The Labute approximate surface area is 63.2 Å². The number of ether oxygens (including phenoxy) is 1. The fourth-order valence-corrected chi connectivity index (χ4v) is 0.386. The molecule has 0 aliphatic rings. The molecule has 0 aromatic rings. The molecule has 0 rings (SSSR count). The highest BCUT2D eigenvalue weighted by atomic mass is 19.4. The Morgan fingerprint density at radius 3 is 2.18 bits per heavy atom. The molecular weight excluding hydrogens is 157 g/mol. The summed E-state index contributed by atoms with van der Waals surface area (Å²) in [5.74, 6) is 0.187. The molecule has 0 heterocycles. The fourth-order valence-electron chi connectivity index (χ4n) is 0.386. The van der Waals surface area contributed by atoms with E-state index < -0.39 is 11.7 Å². The summed E-state index contributed by atoms with van der Waals surface area (Å²) in [6, 6.07) is 0. The van der Waals surface area contributed by atoms with Crippen LogP contribution in [0.4, 0.5) is 13.2 Å². The minimum Gasteiger partial charge on any atom is -0.501 e. The number of methoxy groups -OCH3 is 1. The maximum atomic E-state index is 11.7. The van der Waals surface area contributed by atoms with Crippen LogP contribution in [-0.4, -0.2) is 13.3 Å². The Hall–Kier alpha value is -0.930. The van der Waals surface area contributed by atoms with E-state index in [4.69, 9.17) is 0 Å². The summed E-state index contributed by atoms with van der Waals surface area (Å²) in [5.41, 5.74) is -0.906. The molecule has 11 heavy (non-hydrogen) atoms. The normalized spacial score (nSPS) is 13.0. The average molecular weight is 166 g/mol. The molecule has 0 unspecified atom stereocenters. The number of rotatable bonds is 2. The predicted octanol–water partition coefficient (Wildman–Crippen LogP) is 2.66. The average Bonchev–Trinajstić information content (AvgIpc) is 1.85. The van der Waals surface area contributed by atoms with Crippen molar-refractivity contribution in [2.45, 2.75) is 13.1 Å². The van der Waals surface area contributed by atoms with E-state index in [0.717, 1.165) is 6.08 Å². The first kappa shape index (κ1) is 10.1. The van der Waals surface area contributed by atoms with E-state index in [2.05, 4.69) is 11.3 Å². The summed E-state index contributed by atoms with van der Waals surface area (Å²) in [5, 5.41) is 0. The van der Waals surface area contributed by atoms with Gasteiger partial charge in [-0.3, -0.25) is 0 Å². The van der Waals surface area contributed by atoms with Gasteiger partial charge in [-0.25, -0.2) is 0 Å². The highest BCUT2D eigenvalue weighted by Gasteiger charge is 2.30. The zero-order chi connectivity index (χ0) is 9.07. The van der Waals surface area contributed by atoms with E-state index in [0.29, 0.717) is 0 Å². The van der Waals surface area contributed by atoms with Crippen molar-refractivity contribution in [3.05, 3.63) is 24.0 Å². The van der Waals surface area contributed by atoms with Gasteiger partial charge >= 0.3 is 6.18 Å². The Balaban J connectivity index is 4.30. The first-order chi connectivity index (χ1) is 4.88. The molecule has 0 amide bonds. The van der Waals surface area contributed by atoms with Crippen LogP contribution in [-0.2, 0) is 4.74 Å². The highest BCUT2D eigenvalue weighted by molar-refractivity contribution is 5.21. The number of hydrogen-bond acceptors (Lipinski definition) is 1. The zero-order valence-electron chi connectivity index (χ0n) is 6.33. The quantitative estimate of drug-likeness (QED) is 0.452. The summed E-state index contributed by atoms with van der Waals surface area (Å²) in [6.07, 6.45) is -3.51. The SMILES string of the molecule is C=C(C=C(C)OC)C(F)(F)F. The third-order valence-electron chi connectivity index (χ3n) is 1.06. The number of hydrogen-bond donors (Lipinski definition) is 0. The summed E-state index contributed by atoms with van der Waals surface area (Å²) in [6.45, 7) is 4.26. The Morgan fingerprint density at radius 1 is 1.45 bits per heavy atom. The monoisotopic (exact) mass is 166 g/mol. The van der Waals surface area contributed by atoms with Crippen LogP contribution in [0.2, 0.25) is 0 Å². The minimum absolute atomic E-state index is 0.187. The molecule has 4 heteroatoms. The number of alkyl halides is 3. The smallest absolute Gasteiger partial charge is 0.415 e. The molecule has 0 fully saturated rings. The van der Waals surface area contributed by atoms with E-state index in [1.165, 1.54) is 14.0 Å². The summed E-state index contributed by atoms with van der Waals surface area (Å²) in [7, 11) is 1.30. The molecule has 0 aromatic heterocycles. The van der Waals surface area contributed by atoms with Crippen molar-refractivity contribution in [1.82, 2.24) is 0 Å². The van der Waals surface area contributed by atoms with E-state index in [-0.39, 0.29) is 5.76 Å². The van der Waals surface area contributed by atoms with E-state index >= 15 is 0 Å². The van der Waals surface area contributed by atoms with Gasteiger partial charge in [-0.1, -0.05) is 6.58 Å². The van der Waals surface area contributed by atoms with Crippen molar-refractivity contribution in [2.75, 3.05) is 7.11 Å². The molecule has 0 aliphatic carbocycles. The van der Waals surface area contributed by atoms with Crippen molar-refractivity contribution < 1.29 is 17.9 Å². The molecule has 0 spiro atoms. The number of allylic oxidation sites excluding steroid dienone is 3. The molecule has 0 radical (unpaired) electrons. The van der Waals surface area contributed by atoms with Crippen LogP contribution in [0, 0.1) is 0 Å². The maximum Gasteiger partial charge on any atom is 0.415 e. The molecule has 0 atom stereocenters.